The van der Waals surface area contributed by atoms with Crippen molar-refractivity contribution in [2.24, 2.45) is 0 Å². The zero-order valence-corrected chi connectivity index (χ0v) is 16.3. The Hall–Kier alpha value is -1.42. The van der Waals surface area contributed by atoms with Crippen LogP contribution in [-0.2, 0) is 4.43 Å². The van der Waals surface area contributed by atoms with Crippen LogP contribution >= 0.6 is 0 Å². The Morgan fingerprint density at radius 3 is 1.75 bits per heavy atom. The molecule has 0 bridgehead atoms. The number of rotatable bonds is 7. The van der Waals surface area contributed by atoms with Gasteiger partial charge in [0.05, 0.1) is 6.10 Å². The van der Waals surface area contributed by atoms with E-state index in [2.05, 4.69) is 81.4 Å². The molecule has 0 amide bonds. The second-order valence-electron chi connectivity index (χ2n) is 7.36. The van der Waals surface area contributed by atoms with Crippen molar-refractivity contribution >= 4 is 18.7 Å². The molecule has 0 unspecified atom stereocenters. The normalized spacial score (nSPS) is 13.7. The maximum Gasteiger partial charge on any atom is 0.261 e. The van der Waals surface area contributed by atoms with Gasteiger partial charge in [0, 0.05) is 6.61 Å². The first-order chi connectivity index (χ1) is 11.4. The number of hydrogen-bond donors (Lipinski definition) is 1. The van der Waals surface area contributed by atoms with Gasteiger partial charge >= 0.3 is 0 Å². The first kappa shape index (κ1) is 18.9. The van der Waals surface area contributed by atoms with E-state index in [0.717, 1.165) is 6.42 Å². The highest BCUT2D eigenvalue weighted by atomic mass is 28.4. The monoisotopic (exact) mass is 342 g/mol. The molecule has 0 fully saturated rings. The molecule has 0 aromatic heterocycles. The third-order valence-corrected chi connectivity index (χ3v) is 9.70. The van der Waals surface area contributed by atoms with Crippen molar-refractivity contribution in [2.45, 2.75) is 51.7 Å². The molecule has 0 aliphatic rings. The third kappa shape index (κ3) is 3.97. The van der Waals surface area contributed by atoms with Crippen molar-refractivity contribution in [3.63, 3.8) is 0 Å². The molecule has 2 aromatic rings. The van der Waals surface area contributed by atoms with Gasteiger partial charge in [0.2, 0.25) is 0 Å². The Morgan fingerprint density at radius 2 is 1.38 bits per heavy atom. The maximum absolute atomic E-state index is 9.93. The summed E-state index contributed by atoms with van der Waals surface area (Å²) in [5.74, 6) is 0. The Morgan fingerprint density at radius 1 is 0.917 bits per heavy atom. The average molecular weight is 343 g/mol. The lowest BCUT2D eigenvalue weighted by atomic mass is 10.2. The minimum atomic E-state index is -2.44. The summed E-state index contributed by atoms with van der Waals surface area (Å²) in [7, 11) is -2.44. The standard InChI is InChI=1S/C21H30O2Si/c1-5-18(22)16-17-23-24(21(2,3)4,19-12-8-6-9-13-19)20-14-10-7-11-15-20/h6-15,18,22H,5,16-17H2,1-4H3/t18-/m0/s1. The molecule has 24 heavy (non-hydrogen) atoms. The zero-order valence-electron chi connectivity index (χ0n) is 15.3. The van der Waals surface area contributed by atoms with Crippen LogP contribution in [0.1, 0.15) is 40.5 Å². The summed E-state index contributed by atoms with van der Waals surface area (Å²) >= 11 is 0. The van der Waals surface area contributed by atoms with Gasteiger partial charge in [-0.1, -0.05) is 88.4 Å². The maximum atomic E-state index is 9.93. The molecule has 2 nitrogen and oxygen atoms in total. The van der Waals surface area contributed by atoms with Crippen LogP contribution in [0.4, 0.5) is 0 Å². The molecule has 0 aliphatic carbocycles. The van der Waals surface area contributed by atoms with Crippen LogP contribution in [0.25, 0.3) is 0 Å². The van der Waals surface area contributed by atoms with E-state index in [1.54, 1.807) is 0 Å². The van der Waals surface area contributed by atoms with Crippen LogP contribution in [0.15, 0.2) is 60.7 Å². The summed E-state index contributed by atoms with van der Waals surface area (Å²) in [6.45, 7) is 9.41. The molecular weight excluding hydrogens is 312 g/mol. The average Bonchev–Trinajstić information content (AvgIpc) is 2.59. The first-order valence-corrected chi connectivity index (χ1v) is 10.8. The SMILES string of the molecule is CC[C@H](O)CCO[Si](c1ccccc1)(c1ccccc1)C(C)(C)C. The van der Waals surface area contributed by atoms with Crippen molar-refractivity contribution in [2.75, 3.05) is 6.61 Å². The lowest BCUT2D eigenvalue weighted by Crippen LogP contribution is -2.66. The molecule has 2 rings (SSSR count). The van der Waals surface area contributed by atoms with Crippen LogP contribution in [0, 0.1) is 0 Å². The van der Waals surface area contributed by atoms with Crippen LogP contribution in [0.2, 0.25) is 5.04 Å². The van der Waals surface area contributed by atoms with Gasteiger partial charge in [-0.15, -0.1) is 0 Å². The Kier molecular flexibility index (Phi) is 6.38. The van der Waals surface area contributed by atoms with Gasteiger partial charge in [0.25, 0.3) is 8.32 Å². The minimum Gasteiger partial charge on any atom is -0.407 e. The van der Waals surface area contributed by atoms with Crippen molar-refractivity contribution < 1.29 is 9.53 Å². The lowest BCUT2D eigenvalue weighted by Gasteiger charge is -2.43. The smallest absolute Gasteiger partial charge is 0.261 e. The second kappa shape index (κ2) is 8.10. The molecule has 3 heteroatoms. The minimum absolute atomic E-state index is 0.00707. The Bertz CT molecular complexity index is 565. The van der Waals surface area contributed by atoms with Crippen LogP contribution in [-0.4, -0.2) is 26.1 Å². The number of aliphatic hydroxyl groups excluding tert-OH is 1. The van der Waals surface area contributed by atoms with Gasteiger partial charge in [-0.2, -0.15) is 0 Å². The molecule has 0 aliphatic heterocycles. The van der Waals surface area contributed by atoms with Gasteiger partial charge < -0.3 is 9.53 Å². The summed E-state index contributed by atoms with van der Waals surface area (Å²) in [6, 6.07) is 21.3. The van der Waals surface area contributed by atoms with Crippen LogP contribution in [0.3, 0.4) is 0 Å². The van der Waals surface area contributed by atoms with E-state index < -0.39 is 8.32 Å². The number of benzene rings is 2. The highest BCUT2D eigenvalue weighted by Crippen LogP contribution is 2.36. The van der Waals surface area contributed by atoms with Crippen molar-refractivity contribution in [1.82, 2.24) is 0 Å². The second-order valence-corrected chi connectivity index (χ2v) is 11.7. The molecule has 130 valence electrons. The molecule has 0 saturated heterocycles. The highest BCUT2D eigenvalue weighted by molar-refractivity contribution is 6.99. The molecule has 0 radical (unpaired) electrons. The Balaban J connectivity index is 2.49. The fraction of sp³-hybridized carbons (Fsp3) is 0.429. The van der Waals surface area contributed by atoms with Crippen molar-refractivity contribution in [1.29, 1.82) is 0 Å². The summed E-state index contributed by atoms with van der Waals surface area (Å²) in [4.78, 5) is 0. The predicted molar refractivity (Wildman–Crippen MR) is 104 cm³/mol. The molecule has 1 N–H and O–H groups in total. The van der Waals surface area contributed by atoms with E-state index in [1.807, 2.05) is 6.92 Å². The van der Waals surface area contributed by atoms with E-state index in [0.29, 0.717) is 13.0 Å². The van der Waals surface area contributed by atoms with E-state index in [-0.39, 0.29) is 11.1 Å². The summed E-state index contributed by atoms with van der Waals surface area (Å²) in [5, 5.41) is 12.5. The van der Waals surface area contributed by atoms with Crippen LogP contribution < -0.4 is 10.4 Å². The molecule has 1 atom stereocenters. The number of hydrogen-bond acceptors (Lipinski definition) is 2. The fourth-order valence-corrected chi connectivity index (χ4v) is 7.89. The lowest BCUT2D eigenvalue weighted by molar-refractivity contribution is 0.133. The number of aliphatic hydroxyl groups is 1. The van der Waals surface area contributed by atoms with Gasteiger partial charge in [0.1, 0.15) is 0 Å². The molecule has 0 saturated carbocycles. The summed E-state index contributed by atoms with van der Waals surface area (Å²) in [6.07, 6.45) is 1.16. The zero-order chi connectivity index (χ0) is 17.6. The topological polar surface area (TPSA) is 29.5 Å². The highest BCUT2D eigenvalue weighted by Gasteiger charge is 2.49. The van der Waals surface area contributed by atoms with Gasteiger partial charge in [-0.25, -0.2) is 0 Å². The molecule has 0 heterocycles. The van der Waals surface area contributed by atoms with E-state index >= 15 is 0 Å². The van der Waals surface area contributed by atoms with E-state index in [1.165, 1.54) is 10.4 Å². The van der Waals surface area contributed by atoms with E-state index in [4.69, 9.17) is 4.43 Å². The van der Waals surface area contributed by atoms with Gasteiger partial charge in [0.15, 0.2) is 0 Å². The fourth-order valence-electron chi connectivity index (χ4n) is 3.31. The van der Waals surface area contributed by atoms with Gasteiger partial charge in [-0.05, 0) is 28.3 Å². The van der Waals surface area contributed by atoms with Gasteiger partial charge in [-0.3, -0.25) is 0 Å². The summed E-state index contributed by atoms with van der Waals surface area (Å²) in [5.41, 5.74) is 0. The molecule has 0 spiro atoms. The van der Waals surface area contributed by atoms with Crippen LogP contribution in [0.5, 0.6) is 0 Å². The molecular formula is C21H30O2Si. The van der Waals surface area contributed by atoms with E-state index in [9.17, 15) is 5.11 Å². The summed E-state index contributed by atoms with van der Waals surface area (Å²) < 4.78 is 6.72. The first-order valence-electron chi connectivity index (χ1n) is 8.85. The predicted octanol–water partition coefficient (Wildman–Crippen LogP) is 3.72. The molecule has 2 aromatic carbocycles. The Labute approximate surface area is 147 Å². The van der Waals surface area contributed by atoms with Crippen molar-refractivity contribution in [3.8, 4) is 0 Å². The third-order valence-electron chi connectivity index (χ3n) is 4.66. The largest absolute Gasteiger partial charge is 0.407 e. The quantitative estimate of drug-likeness (QED) is 0.777. The van der Waals surface area contributed by atoms with Crippen molar-refractivity contribution in [3.05, 3.63) is 60.7 Å².